The molecule has 1 aromatic carbocycles. The van der Waals surface area contributed by atoms with Crippen LogP contribution in [0.1, 0.15) is 5.76 Å². The maximum atomic E-state index is 12.3. The molecule has 0 radical (unpaired) electrons. The maximum Gasteiger partial charge on any atom is 0.295 e. The number of methoxy groups -OCH3 is 2. The molecule has 21 heavy (non-hydrogen) atoms. The van der Waals surface area contributed by atoms with Crippen molar-refractivity contribution in [2.45, 2.75) is 11.6 Å². The van der Waals surface area contributed by atoms with Crippen LogP contribution in [0.3, 0.4) is 0 Å². The lowest BCUT2D eigenvalue weighted by Gasteiger charge is -2.11. The topological polar surface area (TPSA) is 104 Å². The Morgan fingerprint density at radius 1 is 1.19 bits per heavy atom. The second kappa shape index (κ2) is 6.06. The van der Waals surface area contributed by atoms with Gasteiger partial charge in [-0.05, 0) is 24.3 Å². The van der Waals surface area contributed by atoms with Crippen molar-refractivity contribution in [3.63, 3.8) is 0 Å². The fourth-order valence-electron chi connectivity index (χ4n) is 1.70. The summed E-state index contributed by atoms with van der Waals surface area (Å²) in [4.78, 5) is 0. The Kier molecular flexibility index (Phi) is 4.39. The Morgan fingerprint density at radius 3 is 2.52 bits per heavy atom. The fourth-order valence-corrected chi connectivity index (χ4v) is 2.71. The molecule has 3 N–H and O–H groups in total. The summed E-state index contributed by atoms with van der Waals surface area (Å²) < 4.78 is 42.2. The van der Waals surface area contributed by atoms with Crippen LogP contribution in [0.5, 0.6) is 11.5 Å². The van der Waals surface area contributed by atoms with E-state index >= 15 is 0 Å². The first-order valence-corrected chi connectivity index (χ1v) is 7.52. The van der Waals surface area contributed by atoms with Gasteiger partial charge in [0.2, 0.25) is 5.09 Å². The van der Waals surface area contributed by atoms with Crippen LogP contribution in [0.4, 0.5) is 5.69 Å². The van der Waals surface area contributed by atoms with Crippen LogP contribution >= 0.6 is 0 Å². The lowest BCUT2D eigenvalue weighted by atomic mass is 10.3. The van der Waals surface area contributed by atoms with E-state index in [0.717, 1.165) is 0 Å². The second-order valence-electron chi connectivity index (χ2n) is 4.10. The van der Waals surface area contributed by atoms with E-state index < -0.39 is 10.0 Å². The highest BCUT2D eigenvalue weighted by molar-refractivity contribution is 7.92. The van der Waals surface area contributed by atoms with Crippen molar-refractivity contribution in [2.75, 3.05) is 18.9 Å². The third-order valence-electron chi connectivity index (χ3n) is 2.75. The zero-order chi connectivity index (χ0) is 15.5. The van der Waals surface area contributed by atoms with E-state index in [0.29, 0.717) is 17.3 Å². The number of furan rings is 1. The Hall–Kier alpha value is -2.19. The Balaban J connectivity index is 2.35. The smallest absolute Gasteiger partial charge is 0.295 e. The van der Waals surface area contributed by atoms with Gasteiger partial charge in [0.25, 0.3) is 10.0 Å². The number of rotatable bonds is 6. The van der Waals surface area contributed by atoms with E-state index in [1.165, 1.54) is 32.4 Å². The number of benzene rings is 1. The van der Waals surface area contributed by atoms with E-state index in [1.807, 2.05) is 0 Å². The van der Waals surface area contributed by atoms with Gasteiger partial charge in [-0.2, -0.15) is 8.42 Å². The van der Waals surface area contributed by atoms with E-state index in [2.05, 4.69) is 4.72 Å². The number of nitrogens with two attached hydrogens (primary N) is 1. The highest BCUT2D eigenvalue weighted by atomic mass is 32.2. The van der Waals surface area contributed by atoms with E-state index in [4.69, 9.17) is 19.6 Å². The minimum absolute atomic E-state index is 0.123. The highest BCUT2D eigenvalue weighted by Crippen LogP contribution is 2.31. The monoisotopic (exact) mass is 312 g/mol. The normalized spacial score (nSPS) is 11.2. The van der Waals surface area contributed by atoms with Crippen LogP contribution in [0, 0.1) is 0 Å². The van der Waals surface area contributed by atoms with Crippen LogP contribution in [-0.2, 0) is 16.6 Å². The maximum absolute atomic E-state index is 12.3. The molecule has 0 spiro atoms. The molecular weight excluding hydrogens is 296 g/mol. The molecule has 0 aliphatic heterocycles. The van der Waals surface area contributed by atoms with Crippen molar-refractivity contribution in [3.05, 3.63) is 36.1 Å². The molecule has 0 aliphatic rings. The molecular formula is C13H16N2O5S. The zero-order valence-corrected chi connectivity index (χ0v) is 12.4. The second-order valence-corrected chi connectivity index (χ2v) is 5.71. The van der Waals surface area contributed by atoms with E-state index in [9.17, 15) is 8.42 Å². The standard InChI is InChI=1S/C13H16N2O5S/c1-18-9-3-5-12(19-2)11(7-9)15-21(16,17)13-6-4-10(8-14)20-13/h3-7,15H,8,14H2,1-2H3. The summed E-state index contributed by atoms with van der Waals surface area (Å²) in [5, 5.41) is -0.215. The van der Waals surface area contributed by atoms with Gasteiger partial charge < -0.3 is 19.6 Å². The van der Waals surface area contributed by atoms with E-state index in [1.54, 1.807) is 12.1 Å². The van der Waals surface area contributed by atoms with Gasteiger partial charge in [-0.15, -0.1) is 0 Å². The molecule has 8 heteroatoms. The number of sulfonamides is 1. The molecule has 114 valence electrons. The van der Waals surface area contributed by atoms with Gasteiger partial charge in [0.15, 0.2) is 0 Å². The molecule has 7 nitrogen and oxygen atoms in total. The van der Waals surface area contributed by atoms with Crippen LogP contribution in [-0.4, -0.2) is 22.6 Å². The zero-order valence-electron chi connectivity index (χ0n) is 11.6. The van der Waals surface area contributed by atoms with Gasteiger partial charge in [-0.1, -0.05) is 0 Å². The predicted octanol–water partition coefficient (Wildman–Crippen LogP) is 1.56. The van der Waals surface area contributed by atoms with Gasteiger partial charge in [0.05, 0.1) is 26.5 Å². The molecule has 2 rings (SSSR count). The number of hydrogen-bond donors (Lipinski definition) is 2. The molecule has 0 aliphatic carbocycles. The molecule has 1 heterocycles. The highest BCUT2D eigenvalue weighted by Gasteiger charge is 2.20. The predicted molar refractivity (Wildman–Crippen MR) is 77.0 cm³/mol. The molecule has 1 aromatic heterocycles. The molecule has 0 unspecified atom stereocenters. The van der Waals surface area contributed by atoms with Gasteiger partial charge in [0.1, 0.15) is 17.3 Å². The van der Waals surface area contributed by atoms with Gasteiger partial charge >= 0.3 is 0 Å². The molecule has 0 saturated carbocycles. The largest absolute Gasteiger partial charge is 0.497 e. The molecule has 0 amide bonds. The lowest BCUT2D eigenvalue weighted by molar-refractivity contribution is 0.404. The minimum atomic E-state index is -3.87. The molecule has 0 saturated heterocycles. The average molecular weight is 312 g/mol. The summed E-state index contributed by atoms with van der Waals surface area (Å²) in [6.07, 6.45) is 0. The molecule has 2 aromatic rings. The Bertz CT molecular complexity index is 724. The fraction of sp³-hybridized carbons (Fsp3) is 0.231. The van der Waals surface area contributed by atoms with Crippen LogP contribution < -0.4 is 19.9 Å². The van der Waals surface area contributed by atoms with Gasteiger partial charge in [-0.25, -0.2) is 0 Å². The third kappa shape index (κ3) is 3.29. The van der Waals surface area contributed by atoms with Crippen molar-refractivity contribution in [1.82, 2.24) is 0 Å². The first kappa shape index (κ1) is 15.2. The van der Waals surface area contributed by atoms with Crippen molar-refractivity contribution >= 4 is 15.7 Å². The number of nitrogens with one attached hydrogen (secondary N) is 1. The summed E-state index contributed by atoms with van der Waals surface area (Å²) in [6, 6.07) is 7.64. The van der Waals surface area contributed by atoms with Crippen LogP contribution in [0.25, 0.3) is 0 Å². The number of hydrogen-bond acceptors (Lipinski definition) is 6. The van der Waals surface area contributed by atoms with Crippen molar-refractivity contribution < 1.29 is 22.3 Å². The summed E-state index contributed by atoms with van der Waals surface area (Å²) >= 11 is 0. The van der Waals surface area contributed by atoms with Crippen molar-refractivity contribution in [1.29, 1.82) is 0 Å². The SMILES string of the molecule is COc1ccc(OC)c(NS(=O)(=O)c2ccc(CN)o2)c1. The van der Waals surface area contributed by atoms with Crippen molar-refractivity contribution in [2.24, 2.45) is 5.73 Å². The Labute approximate surface area is 122 Å². The molecule has 0 fully saturated rings. The summed E-state index contributed by atoms with van der Waals surface area (Å²) in [5.41, 5.74) is 5.65. The first-order chi connectivity index (χ1) is 10.00. The quantitative estimate of drug-likeness (QED) is 0.839. The summed E-state index contributed by atoms with van der Waals surface area (Å²) in [7, 11) is -0.938. The van der Waals surface area contributed by atoms with Crippen LogP contribution in [0.2, 0.25) is 0 Å². The molecule has 0 atom stereocenters. The van der Waals surface area contributed by atoms with Crippen molar-refractivity contribution in [3.8, 4) is 11.5 Å². The average Bonchev–Trinajstić information content (AvgIpc) is 2.96. The summed E-state index contributed by atoms with van der Waals surface area (Å²) in [6.45, 7) is 0.123. The third-order valence-corrected chi connectivity index (χ3v) is 3.99. The van der Waals surface area contributed by atoms with Crippen LogP contribution in [0.15, 0.2) is 39.8 Å². The minimum Gasteiger partial charge on any atom is -0.497 e. The molecule has 0 bridgehead atoms. The Morgan fingerprint density at radius 2 is 1.95 bits per heavy atom. The van der Waals surface area contributed by atoms with Gasteiger partial charge in [0, 0.05) is 6.07 Å². The van der Waals surface area contributed by atoms with Gasteiger partial charge in [-0.3, -0.25) is 4.72 Å². The number of anilines is 1. The van der Waals surface area contributed by atoms with E-state index in [-0.39, 0.29) is 17.3 Å². The summed E-state index contributed by atoms with van der Waals surface area (Å²) in [5.74, 6) is 1.24. The number of ether oxygens (including phenoxy) is 2. The first-order valence-electron chi connectivity index (χ1n) is 6.04. The lowest BCUT2D eigenvalue weighted by Crippen LogP contribution is -2.13.